The van der Waals surface area contributed by atoms with E-state index in [1.807, 2.05) is 60.7 Å². The standard InChI is InChI=1S/C26H27IN2O6S/c1-26(2,3)35-25(32)28-19-22(30)29-20(18(14-27)15-36(33)23(19)29)24(31)34-21(16-10-6-4-7-11-16)17-12-8-5-9-13-17/h4-13,19,21,23H,14-15H2,1-3H3,(H,28,32)/t19-,23-,36?/m1/s1. The summed E-state index contributed by atoms with van der Waals surface area (Å²) in [7, 11) is -1.51. The van der Waals surface area contributed by atoms with Gasteiger partial charge in [-0.05, 0) is 37.5 Å². The quantitative estimate of drug-likeness (QED) is 0.228. The highest BCUT2D eigenvalue weighted by Crippen LogP contribution is 2.37. The molecule has 3 atom stereocenters. The van der Waals surface area contributed by atoms with Crippen LogP contribution in [0.3, 0.4) is 0 Å². The Balaban J connectivity index is 1.61. The summed E-state index contributed by atoms with van der Waals surface area (Å²) in [6.07, 6.45) is -1.47. The van der Waals surface area contributed by atoms with Crippen molar-refractivity contribution in [3.05, 3.63) is 83.1 Å². The van der Waals surface area contributed by atoms with Crippen LogP contribution in [0, 0.1) is 0 Å². The van der Waals surface area contributed by atoms with Gasteiger partial charge in [-0.2, -0.15) is 0 Å². The van der Waals surface area contributed by atoms with Crippen LogP contribution in [0.15, 0.2) is 71.9 Å². The van der Waals surface area contributed by atoms with Gasteiger partial charge in [-0.1, -0.05) is 83.3 Å². The van der Waals surface area contributed by atoms with Gasteiger partial charge in [0.05, 0.1) is 16.6 Å². The van der Waals surface area contributed by atoms with E-state index in [1.165, 1.54) is 4.90 Å². The molecular formula is C26H27IN2O6S. The molecule has 1 fully saturated rings. The van der Waals surface area contributed by atoms with Crippen LogP contribution in [0.4, 0.5) is 4.79 Å². The molecule has 2 amide bonds. The molecule has 4 rings (SSSR count). The predicted octanol–water partition coefficient (Wildman–Crippen LogP) is 3.83. The number of benzene rings is 2. The number of hydrogen-bond donors (Lipinski definition) is 1. The SMILES string of the molecule is CC(C)(C)OC(=O)N[C@@H]1C(=O)N2C(C(=O)OC(c3ccccc3)c3ccccc3)=C(CI)CS(=O)[C@H]12. The number of nitrogens with one attached hydrogen (secondary N) is 1. The van der Waals surface area contributed by atoms with Crippen molar-refractivity contribution in [2.75, 3.05) is 10.2 Å². The predicted molar refractivity (Wildman–Crippen MR) is 144 cm³/mol. The summed E-state index contributed by atoms with van der Waals surface area (Å²) in [4.78, 5) is 40.2. The number of amides is 2. The molecule has 2 aliphatic heterocycles. The lowest BCUT2D eigenvalue weighted by molar-refractivity contribution is -0.154. The van der Waals surface area contributed by atoms with Gasteiger partial charge in [0, 0.05) is 4.43 Å². The summed E-state index contributed by atoms with van der Waals surface area (Å²) in [5.41, 5.74) is 1.47. The van der Waals surface area contributed by atoms with Gasteiger partial charge >= 0.3 is 12.1 Å². The minimum Gasteiger partial charge on any atom is -0.448 e. The fraction of sp³-hybridized carbons (Fsp3) is 0.346. The number of fused-ring (bicyclic) bond motifs is 1. The number of hydrogen-bond acceptors (Lipinski definition) is 6. The van der Waals surface area contributed by atoms with Gasteiger partial charge in [0.2, 0.25) is 0 Å². The number of nitrogens with zero attached hydrogens (tertiary/aromatic N) is 1. The van der Waals surface area contributed by atoms with E-state index in [0.717, 1.165) is 11.1 Å². The Kier molecular flexibility index (Phi) is 7.84. The van der Waals surface area contributed by atoms with Crippen LogP contribution in [0.2, 0.25) is 0 Å². The molecular weight excluding hydrogens is 595 g/mol. The second-order valence-corrected chi connectivity index (χ2v) is 11.7. The first-order valence-corrected chi connectivity index (χ1v) is 14.3. The molecule has 2 heterocycles. The maximum absolute atomic E-state index is 13.6. The van der Waals surface area contributed by atoms with Crippen molar-refractivity contribution in [2.24, 2.45) is 0 Å². The first-order chi connectivity index (χ1) is 17.1. The Morgan fingerprint density at radius 3 is 2.14 bits per heavy atom. The Bertz CT molecular complexity index is 1170. The number of β-lactam (4-membered cyclic amide) rings is 1. The molecule has 0 bridgehead atoms. The lowest BCUT2D eigenvalue weighted by Crippen LogP contribution is -2.73. The fourth-order valence-corrected chi connectivity index (χ4v) is 6.81. The lowest BCUT2D eigenvalue weighted by atomic mass is 10.0. The molecule has 10 heteroatoms. The molecule has 1 unspecified atom stereocenters. The van der Waals surface area contributed by atoms with Crippen molar-refractivity contribution < 1.29 is 28.1 Å². The minimum absolute atomic E-state index is 0.0955. The highest BCUT2D eigenvalue weighted by atomic mass is 127. The molecule has 0 radical (unpaired) electrons. The number of carbonyl (C=O) groups excluding carboxylic acids is 3. The monoisotopic (exact) mass is 622 g/mol. The van der Waals surface area contributed by atoms with Crippen molar-refractivity contribution in [1.29, 1.82) is 0 Å². The van der Waals surface area contributed by atoms with Crippen LogP contribution < -0.4 is 5.32 Å². The van der Waals surface area contributed by atoms with E-state index < -0.39 is 51.9 Å². The van der Waals surface area contributed by atoms with Gasteiger partial charge in [-0.25, -0.2) is 9.59 Å². The second-order valence-electron chi connectivity index (χ2n) is 9.44. The summed E-state index contributed by atoms with van der Waals surface area (Å²) in [5, 5.41) is 1.65. The molecule has 2 aliphatic rings. The van der Waals surface area contributed by atoms with Gasteiger partial charge in [-0.3, -0.25) is 13.9 Å². The molecule has 1 N–H and O–H groups in total. The third-order valence-corrected chi connectivity index (χ3v) is 8.24. The number of halogens is 1. The average molecular weight is 622 g/mol. The third-order valence-electron chi connectivity index (χ3n) is 5.66. The number of esters is 1. The first-order valence-electron chi connectivity index (χ1n) is 11.4. The van der Waals surface area contributed by atoms with Crippen molar-refractivity contribution >= 4 is 51.4 Å². The summed E-state index contributed by atoms with van der Waals surface area (Å²) in [5.74, 6) is -1.09. The van der Waals surface area contributed by atoms with Gasteiger partial charge < -0.3 is 14.8 Å². The molecule has 1 saturated heterocycles. The van der Waals surface area contributed by atoms with Crippen molar-refractivity contribution in [3.63, 3.8) is 0 Å². The molecule has 8 nitrogen and oxygen atoms in total. The molecule has 0 saturated carbocycles. The Hall–Kier alpha value is -2.73. The van der Waals surface area contributed by atoms with Crippen LogP contribution in [0.5, 0.6) is 0 Å². The molecule has 36 heavy (non-hydrogen) atoms. The number of alkyl carbamates (subject to hydrolysis) is 1. The van der Waals surface area contributed by atoms with E-state index in [4.69, 9.17) is 9.47 Å². The molecule has 0 spiro atoms. The van der Waals surface area contributed by atoms with Gasteiger partial charge in [0.15, 0.2) is 6.10 Å². The number of ether oxygens (including phenoxy) is 2. The normalized spacial score (nSPS) is 21.5. The third kappa shape index (κ3) is 5.49. The van der Waals surface area contributed by atoms with E-state index in [2.05, 4.69) is 27.9 Å². The first kappa shape index (κ1) is 26.3. The maximum Gasteiger partial charge on any atom is 0.408 e. The number of rotatable bonds is 6. The highest BCUT2D eigenvalue weighted by molar-refractivity contribution is 14.1. The van der Waals surface area contributed by atoms with Crippen LogP contribution in [-0.4, -0.2) is 54.3 Å². The zero-order chi connectivity index (χ0) is 26.0. The Morgan fingerprint density at radius 2 is 1.64 bits per heavy atom. The van der Waals surface area contributed by atoms with Crippen LogP contribution in [-0.2, 0) is 29.9 Å². The van der Waals surface area contributed by atoms with Crippen LogP contribution in [0.1, 0.15) is 38.0 Å². The zero-order valence-electron chi connectivity index (χ0n) is 20.1. The zero-order valence-corrected chi connectivity index (χ0v) is 23.1. The van der Waals surface area contributed by atoms with Gasteiger partial charge in [-0.15, -0.1) is 0 Å². The Morgan fingerprint density at radius 1 is 1.08 bits per heavy atom. The molecule has 2 aromatic carbocycles. The number of carbonyl (C=O) groups is 3. The summed E-state index contributed by atoms with van der Waals surface area (Å²) >= 11 is 2.08. The largest absolute Gasteiger partial charge is 0.448 e. The smallest absolute Gasteiger partial charge is 0.408 e. The van der Waals surface area contributed by atoms with E-state index in [1.54, 1.807) is 20.8 Å². The van der Waals surface area contributed by atoms with E-state index in [-0.39, 0.29) is 11.4 Å². The van der Waals surface area contributed by atoms with Crippen LogP contribution >= 0.6 is 22.6 Å². The van der Waals surface area contributed by atoms with Crippen LogP contribution in [0.25, 0.3) is 0 Å². The highest BCUT2D eigenvalue weighted by Gasteiger charge is 2.57. The second kappa shape index (κ2) is 10.7. The molecule has 0 aromatic heterocycles. The summed E-state index contributed by atoms with van der Waals surface area (Å²) in [6, 6.07) is 17.6. The van der Waals surface area contributed by atoms with E-state index in [0.29, 0.717) is 10.0 Å². The topological polar surface area (TPSA) is 102 Å². The maximum atomic E-state index is 13.6. The Labute approximate surface area is 226 Å². The fourth-order valence-electron chi connectivity index (χ4n) is 4.13. The van der Waals surface area contributed by atoms with Gasteiger partial charge in [0.1, 0.15) is 22.7 Å². The number of alkyl halides is 1. The van der Waals surface area contributed by atoms with E-state index in [9.17, 15) is 18.6 Å². The van der Waals surface area contributed by atoms with Crippen molar-refractivity contribution in [3.8, 4) is 0 Å². The molecule has 2 aromatic rings. The van der Waals surface area contributed by atoms with E-state index >= 15 is 0 Å². The molecule has 190 valence electrons. The van der Waals surface area contributed by atoms with Crippen molar-refractivity contribution in [1.82, 2.24) is 10.2 Å². The van der Waals surface area contributed by atoms with Crippen molar-refractivity contribution in [2.45, 2.75) is 43.9 Å². The summed E-state index contributed by atoms with van der Waals surface area (Å²) < 4.78 is 24.7. The average Bonchev–Trinajstić information content (AvgIpc) is 2.85. The minimum atomic E-state index is -1.51. The summed E-state index contributed by atoms with van der Waals surface area (Å²) in [6.45, 7) is 5.12. The lowest BCUT2D eigenvalue weighted by Gasteiger charge is -2.49. The van der Waals surface area contributed by atoms with Gasteiger partial charge in [0.25, 0.3) is 5.91 Å². The molecule has 0 aliphatic carbocycles.